The lowest BCUT2D eigenvalue weighted by Gasteiger charge is -2.37. The standard InChI is InChI=1S/C18H23ClN4O4S/c1-26-11-13-10-22(21-20-13)16-8-14-4-5-15(9-16)23(14)28(24,25)18-7-12(19)3-6-17(18)27-2/h3,6-7,10,14-16H,4-5,8-9,11H2,1-2H3. The first kappa shape index (κ1) is 19.6. The van der Waals surface area contributed by atoms with Crippen molar-refractivity contribution >= 4 is 21.6 Å². The predicted octanol–water partition coefficient (Wildman–Crippen LogP) is 2.64. The van der Waals surface area contributed by atoms with Gasteiger partial charge in [0, 0.05) is 24.2 Å². The zero-order valence-corrected chi connectivity index (χ0v) is 17.4. The van der Waals surface area contributed by atoms with Crippen LogP contribution in [0.2, 0.25) is 5.02 Å². The molecule has 3 heterocycles. The number of rotatable bonds is 6. The molecule has 2 saturated heterocycles. The molecule has 0 saturated carbocycles. The van der Waals surface area contributed by atoms with Gasteiger partial charge in [-0.3, -0.25) is 0 Å². The molecule has 2 aromatic rings. The van der Waals surface area contributed by atoms with E-state index in [-0.39, 0.29) is 23.0 Å². The van der Waals surface area contributed by atoms with Crippen LogP contribution in [0.1, 0.15) is 37.4 Å². The molecule has 2 fully saturated rings. The minimum Gasteiger partial charge on any atom is -0.495 e. The summed E-state index contributed by atoms with van der Waals surface area (Å²) in [6.45, 7) is 0.411. The molecule has 8 nitrogen and oxygen atoms in total. The molecule has 152 valence electrons. The van der Waals surface area contributed by atoms with Gasteiger partial charge in [0.25, 0.3) is 0 Å². The molecule has 0 N–H and O–H groups in total. The molecule has 1 aromatic heterocycles. The van der Waals surface area contributed by atoms with Gasteiger partial charge in [0.2, 0.25) is 10.0 Å². The molecule has 2 bridgehead atoms. The zero-order valence-electron chi connectivity index (χ0n) is 15.8. The van der Waals surface area contributed by atoms with E-state index in [1.54, 1.807) is 23.5 Å². The monoisotopic (exact) mass is 426 g/mol. The van der Waals surface area contributed by atoms with E-state index < -0.39 is 10.0 Å². The van der Waals surface area contributed by atoms with Gasteiger partial charge in [-0.25, -0.2) is 13.1 Å². The maximum atomic E-state index is 13.4. The van der Waals surface area contributed by atoms with E-state index in [0.717, 1.165) is 18.5 Å². The number of hydrogen-bond donors (Lipinski definition) is 0. The fraction of sp³-hybridized carbons (Fsp3) is 0.556. The highest BCUT2D eigenvalue weighted by atomic mass is 35.5. The van der Waals surface area contributed by atoms with Gasteiger partial charge in [0.05, 0.1) is 26.0 Å². The number of nitrogens with zero attached hydrogens (tertiary/aromatic N) is 4. The SMILES string of the molecule is COCc1cn(C2CC3CCC(C2)N3S(=O)(=O)c2cc(Cl)ccc2OC)nn1. The predicted molar refractivity (Wildman–Crippen MR) is 103 cm³/mol. The molecule has 2 atom stereocenters. The smallest absolute Gasteiger partial charge is 0.247 e. The molecule has 0 amide bonds. The Morgan fingerprint density at radius 1 is 1.18 bits per heavy atom. The molecule has 2 aliphatic heterocycles. The Kier molecular flexibility index (Phi) is 5.34. The summed E-state index contributed by atoms with van der Waals surface area (Å²) in [5.74, 6) is 0.311. The van der Waals surface area contributed by atoms with Crippen molar-refractivity contribution < 1.29 is 17.9 Å². The Labute approximate surface area is 169 Å². The third kappa shape index (κ3) is 3.41. The average molecular weight is 427 g/mol. The summed E-state index contributed by atoms with van der Waals surface area (Å²) in [6, 6.07) is 4.66. The van der Waals surface area contributed by atoms with Gasteiger partial charge >= 0.3 is 0 Å². The highest BCUT2D eigenvalue weighted by Gasteiger charge is 2.48. The third-order valence-electron chi connectivity index (χ3n) is 5.55. The molecule has 1 aromatic carbocycles. The quantitative estimate of drug-likeness (QED) is 0.705. The number of aromatic nitrogens is 3. The molecule has 2 aliphatic rings. The van der Waals surface area contributed by atoms with Crippen molar-refractivity contribution in [1.82, 2.24) is 19.3 Å². The van der Waals surface area contributed by atoms with E-state index in [0.29, 0.717) is 30.2 Å². The van der Waals surface area contributed by atoms with Gasteiger partial charge in [0.15, 0.2) is 0 Å². The first-order chi connectivity index (χ1) is 13.4. The van der Waals surface area contributed by atoms with Crippen LogP contribution in [0.15, 0.2) is 29.3 Å². The lowest BCUT2D eigenvalue weighted by atomic mass is 10.00. The van der Waals surface area contributed by atoms with Crippen LogP contribution in [-0.2, 0) is 21.4 Å². The van der Waals surface area contributed by atoms with Crippen LogP contribution in [-0.4, -0.2) is 54.0 Å². The Hall–Kier alpha value is -1.68. The number of ether oxygens (including phenoxy) is 2. The van der Waals surface area contributed by atoms with Crippen LogP contribution < -0.4 is 4.74 Å². The first-order valence-electron chi connectivity index (χ1n) is 9.20. The number of piperidine rings is 1. The average Bonchev–Trinajstić information content (AvgIpc) is 3.25. The zero-order chi connectivity index (χ0) is 19.9. The lowest BCUT2D eigenvalue weighted by Crippen LogP contribution is -2.47. The Morgan fingerprint density at radius 2 is 1.89 bits per heavy atom. The Bertz CT molecular complexity index is 950. The van der Waals surface area contributed by atoms with Crippen LogP contribution in [0.3, 0.4) is 0 Å². The number of fused-ring (bicyclic) bond motifs is 2. The van der Waals surface area contributed by atoms with Crippen molar-refractivity contribution in [2.75, 3.05) is 14.2 Å². The topological polar surface area (TPSA) is 86.5 Å². The second kappa shape index (κ2) is 7.62. The Balaban J connectivity index is 1.60. The first-order valence-corrected chi connectivity index (χ1v) is 11.0. The van der Waals surface area contributed by atoms with Gasteiger partial charge < -0.3 is 9.47 Å². The number of methoxy groups -OCH3 is 2. The fourth-order valence-corrected chi connectivity index (χ4v) is 6.70. The van der Waals surface area contributed by atoms with Gasteiger partial charge in [0.1, 0.15) is 16.3 Å². The largest absolute Gasteiger partial charge is 0.495 e. The molecule has 2 unspecified atom stereocenters. The molecule has 0 aliphatic carbocycles. The highest BCUT2D eigenvalue weighted by molar-refractivity contribution is 7.89. The van der Waals surface area contributed by atoms with Crippen molar-refractivity contribution in [2.45, 2.75) is 55.3 Å². The number of sulfonamides is 1. The van der Waals surface area contributed by atoms with Crippen molar-refractivity contribution in [3.05, 3.63) is 35.1 Å². The summed E-state index contributed by atoms with van der Waals surface area (Å²) in [7, 11) is -0.632. The van der Waals surface area contributed by atoms with Crippen molar-refractivity contribution in [3.63, 3.8) is 0 Å². The molecule has 10 heteroatoms. The number of benzene rings is 1. The van der Waals surface area contributed by atoms with Crippen molar-refractivity contribution in [2.24, 2.45) is 0 Å². The van der Waals surface area contributed by atoms with Gasteiger partial charge in [-0.1, -0.05) is 16.8 Å². The fourth-order valence-electron chi connectivity index (χ4n) is 4.39. The van der Waals surface area contributed by atoms with E-state index in [4.69, 9.17) is 21.1 Å². The minimum absolute atomic E-state index is 0.0764. The van der Waals surface area contributed by atoms with Crippen LogP contribution in [0.5, 0.6) is 5.75 Å². The third-order valence-corrected chi connectivity index (χ3v) is 7.81. The van der Waals surface area contributed by atoms with Gasteiger partial charge in [-0.15, -0.1) is 5.10 Å². The normalized spacial score (nSPS) is 25.2. The summed E-state index contributed by atoms with van der Waals surface area (Å²) in [6.07, 6.45) is 4.96. The molecular formula is C18H23ClN4O4S. The molecule has 4 rings (SSSR count). The van der Waals surface area contributed by atoms with E-state index in [9.17, 15) is 8.42 Å². The van der Waals surface area contributed by atoms with Gasteiger partial charge in [-0.05, 0) is 43.9 Å². The van der Waals surface area contributed by atoms with E-state index in [2.05, 4.69) is 10.3 Å². The van der Waals surface area contributed by atoms with Crippen LogP contribution in [0, 0.1) is 0 Å². The van der Waals surface area contributed by atoms with Crippen molar-refractivity contribution in [3.8, 4) is 5.75 Å². The van der Waals surface area contributed by atoms with E-state index in [1.165, 1.54) is 13.2 Å². The maximum absolute atomic E-state index is 13.4. The van der Waals surface area contributed by atoms with Crippen molar-refractivity contribution in [1.29, 1.82) is 0 Å². The maximum Gasteiger partial charge on any atom is 0.247 e. The number of hydrogen-bond acceptors (Lipinski definition) is 6. The second-order valence-corrected chi connectivity index (χ2v) is 9.51. The minimum atomic E-state index is -3.71. The summed E-state index contributed by atoms with van der Waals surface area (Å²) < 4.78 is 40.8. The molecule has 28 heavy (non-hydrogen) atoms. The second-order valence-electron chi connectivity index (χ2n) is 7.26. The summed E-state index contributed by atoms with van der Waals surface area (Å²) >= 11 is 6.07. The van der Waals surface area contributed by atoms with Gasteiger partial charge in [-0.2, -0.15) is 4.31 Å². The van der Waals surface area contributed by atoms with E-state index >= 15 is 0 Å². The van der Waals surface area contributed by atoms with Crippen LogP contribution in [0.4, 0.5) is 0 Å². The highest BCUT2D eigenvalue weighted by Crippen LogP contribution is 2.45. The Morgan fingerprint density at radius 3 is 2.54 bits per heavy atom. The summed E-state index contributed by atoms with van der Waals surface area (Å²) in [4.78, 5) is 0.126. The summed E-state index contributed by atoms with van der Waals surface area (Å²) in [5, 5.41) is 8.72. The molecule has 0 radical (unpaired) electrons. The number of halogens is 1. The lowest BCUT2D eigenvalue weighted by molar-refractivity contribution is 0.180. The molecular weight excluding hydrogens is 404 g/mol. The summed E-state index contributed by atoms with van der Waals surface area (Å²) in [5.41, 5.74) is 0.772. The van der Waals surface area contributed by atoms with Crippen LogP contribution >= 0.6 is 11.6 Å². The van der Waals surface area contributed by atoms with E-state index in [1.807, 2.05) is 10.9 Å². The van der Waals surface area contributed by atoms with Crippen LogP contribution in [0.25, 0.3) is 0 Å². The molecule has 0 spiro atoms.